The van der Waals surface area contributed by atoms with Gasteiger partial charge in [0.25, 0.3) is 5.91 Å². The maximum Gasteiger partial charge on any atom is 0.291 e. The van der Waals surface area contributed by atoms with Crippen LogP contribution >= 0.6 is 11.6 Å². The van der Waals surface area contributed by atoms with Gasteiger partial charge >= 0.3 is 0 Å². The minimum atomic E-state index is -1.02. The van der Waals surface area contributed by atoms with E-state index in [2.05, 4.69) is 5.32 Å². The third-order valence-electron chi connectivity index (χ3n) is 6.65. The standard InChI is InChI=1S/C25H21ClN2O2/c1-28-15-19(16-8-4-2-5-9-16)22(23(29)17-10-6-3-7-11-17)25(28)20-14-18(26)12-13-21(20)27-24(25)30/h2-14,19,22H,15H2,1H3,(H,27,30)/p+1/t19-,22-,25-/m1/s1. The van der Waals surface area contributed by atoms with E-state index in [0.29, 0.717) is 17.1 Å². The van der Waals surface area contributed by atoms with Gasteiger partial charge in [0.2, 0.25) is 5.54 Å². The number of benzene rings is 3. The number of anilines is 1. The van der Waals surface area contributed by atoms with Crippen LogP contribution in [0.2, 0.25) is 5.02 Å². The van der Waals surface area contributed by atoms with E-state index in [1.54, 1.807) is 6.07 Å². The molecule has 1 fully saturated rings. The molecule has 1 saturated heterocycles. The zero-order valence-electron chi connectivity index (χ0n) is 16.6. The monoisotopic (exact) mass is 417 g/mol. The highest BCUT2D eigenvalue weighted by Crippen LogP contribution is 2.49. The zero-order valence-corrected chi connectivity index (χ0v) is 17.3. The molecule has 1 spiro atoms. The Bertz CT molecular complexity index is 1130. The van der Waals surface area contributed by atoms with Gasteiger partial charge in [-0.2, -0.15) is 0 Å². The zero-order chi connectivity index (χ0) is 20.9. The highest BCUT2D eigenvalue weighted by atomic mass is 35.5. The van der Waals surface area contributed by atoms with Crippen LogP contribution in [0.15, 0.2) is 78.9 Å². The first kappa shape index (κ1) is 19.0. The molecule has 2 N–H and O–H groups in total. The molecule has 5 rings (SSSR count). The number of fused-ring (bicyclic) bond motifs is 2. The van der Waals surface area contributed by atoms with E-state index in [1.165, 1.54) is 0 Å². The Hall–Kier alpha value is -2.95. The number of ketones is 1. The minimum absolute atomic E-state index is 0.00993. The van der Waals surface area contributed by atoms with E-state index in [4.69, 9.17) is 11.6 Å². The highest BCUT2D eigenvalue weighted by molar-refractivity contribution is 6.31. The lowest BCUT2D eigenvalue weighted by molar-refractivity contribution is -0.918. The molecule has 0 aromatic heterocycles. The third kappa shape index (κ3) is 2.64. The molecule has 0 bridgehead atoms. The van der Waals surface area contributed by atoms with Crippen molar-refractivity contribution >= 4 is 29.0 Å². The number of halogens is 1. The van der Waals surface area contributed by atoms with E-state index >= 15 is 0 Å². The van der Waals surface area contributed by atoms with Crippen LogP contribution in [-0.4, -0.2) is 25.3 Å². The van der Waals surface area contributed by atoms with E-state index in [1.807, 2.05) is 79.8 Å². The molecule has 150 valence electrons. The Labute approximate surface area is 180 Å². The summed E-state index contributed by atoms with van der Waals surface area (Å²) >= 11 is 6.34. The maximum atomic E-state index is 14.0. The fourth-order valence-electron chi connectivity index (χ4n) is 5.38. The van der Waals surface area contributed by atoms with Gasteiger partial charge in [-0.15, -0.1) is 0 Å². The van der Waals surface area contributed by atoms with Crippen LogP contribution in [0.25, 0.3) is 0 Å². The third-order valence-corrected chi connectivity index (χ3v) is 6.88. The number of quaternary nitrogens is 1. The largest absolute Gasteiger partial charge is 0.320 e. The van der Waals surface area contributed by atoms with Crippen molar-refractivity contribution in [2.45, 2.75) is 11.5 Å². The second-order valence-electron chi connectivity index (χ2n) is 8.16. The molecule has 3 aromatic rings. The average Bonchev–Trinajstić information content (AvgIpc) is 3.24. The average molecular weight is 418 g/mol. The number of likely N-dealkylation sites (tertiary alicyclic amines) is 1. The molecule has 0 radical (unpaired) electrons. The Morgan fingerprint density at radius 3 is 2.40 bits per heavy atom. The number of Topliss-reactive ketones (excluding diaryl/α,β-unsaturated/α-hetero) is 1. The van der Waals surface area contributed by atoms with E-state index in [0.717, 1.165) is 21.7 Å². The van der Waals surface area contributed by atoms with Crippen LogP contribution in [0.3, 0.4) is 0 Å². The van der Waals surface area contributed by atoms with Crippen LogP contribution in [0.4, 0.5) is 5.69 Å². The lowest BCUT2D eigenvalue weighted by Gasteiger charge is -2.32. The van der Waals surface area contributed by atoms with E-state index in [-0.39, 0.29) is 17.6 Å². The SMILES string of the molecule is C[NH+]1C[C@H](c2ccccc2)[C@H](C(=O)c2ccccc2)[C@]12C(=O)Nc1ccc(Cl)cc12. The lowest BCUT2D eigenvalue weighted by atomic mass is 9.70. The summed E-state index contributed by atoms with van der Waals surface area (Å²) in [7, 11) is 2.00. The summed E-state index contributed by atoms with van der Waals surface area (Å²) < 4.78 is 0. The van der Waals surface area contributed by atoms with Crippen molar-refractivity contribution < 1.29 is 14.5 Å². The number of hydrogen-bond donors (Lipinski definition) is 2. The quantitative estimate of drug-likeness (QED) is 0.642. The van der Waals surface area contributed by atoms with Crippen LogP contribution in [0, 0.1) is 5.92 Å². The van der Waals surface area contributed by atoms with Gasteiger partial charge in [-0.1, -0.05) is 72.3 Å². The summed E-state index contributed by atoms with van der Waals surface area (Å²) in [6, 6.07) is 24.8. The Morgan fingerprint density at radius 2 is 1.70 bits per heavy atom. The van der Waals surface area contributed by atoms with Gasteiger partial charge in [-0.25, -0.2) is 0 Å². The first-order chi connectivity index (χ1) is 14.5. The predicted octanol–water partition coefficient (Wildman–Crippen LogP) is 3.30. The maximum absolute atomic E-state index is 14.0. The molecule has 1 unspecified atom stereocenters. The molecule has 2 aliphatic rings. The van der Waals surface area contributed by atoms with Crippen LogP contribution < -0.4 is 10.2 Å². The second-order valence-corrected chi connectivity index (χ2v) is 8.60. The van der Waals surface area contributed by atoms with Gasteiger partial charge in [0, 0.05) is 16.1 Å². The predicted molar refractivity (Wildman–Crippen MR) is 117 cm³/mol. The highest BCUT2D eigenvalue weighted by Gasteiger charge is 2.68. The summed E-state index contributed by atoms with van der Waals surface area (Å²) in [6.07, 6.45) is 0. The fourth-order valence-corrected chi connectivity index (χ4v) is 5.55. The number of rotatable bonds is 3. The van der Waals surface area contributed by atoms with Gasteiger partial charge in [0.15, 0.2) is 5.78 Å². The van der Waals surface area contributed by atoms with E-state index in [9.17, 15) is 9.59 Å². The molecule has 1 amide bonds. The van der Waals surface area contributed by atoms with Crippen molar-refractivity contribution in [3.63, 3.8) is 0 Å². The van der Waals surface area contributed by atoms with Crippen molar-refractivity contribution in [2.24, 2.45) is 5.92 Å². The van der Waals surface area contributed by atoms with Gasteiger partial charge < -0.3 is 10.2 Å². The number of likely N-dealkylation sites (N-methyl/N-ethyl adjacent to an activating group) is 1. The molecule has 30 heavy (non-hydrogen) atoms. The van der Waals surface area contributed by atoms with Crippen molar-refractivity contribution in [2.75, 3.05) is 18.9 Å². The first-order valence-corrected chi connectivity index (χ1v) is 10.5. The lowest BCUT2D eigenvalue weighted by Crippen LogP contribution is -3.15. The molecule has 2 heterocycles. The van der Waals surface area contributed by atoms with Crippen LogP contribution in [-0.2, 0) is 10.3 Å². The number of carbonyl (C=O) groups is 2. The van der Waals surface area contributed by atoms with Crippen LogP contribution in [0.5, 0.6) is 0 Å². The molecule has 5 heteroatoms. The minimum Gasteiger partial charge on any atom is -0.320 e. The van der Waals surface area contributed by atoms with Crippen molar-refractivity contribution in [3.05, 3.63) is 101 Å². The molecular formula is C25H22ClN2O2+. The first-order valence-electron chi connectivity index (χ1n) is 10.1. The molecular weight excluding hydrogens is 396 g/mol. The summed E-state index contributed by atoms with van der Waals surface area (Å²) in [4.78, 5) is 28.5. The summed E-state index contributed by atoms with van der Waals surface area (Å²) in [5.41, 5.74) is 2.23. The van der Waals surface area contributed by atoms with Crippen molar-refractivity contribution in [3.8, 4) is 0 Å². The number of nitrogens with one attached hydrogen (secondary N) is 2. The Kier molecular flexibility index (Phi) is 4.49. The van der Waals surface area contributed by atoms with Crippen molar-refractivity contribution in [1.29, 1.82) is 0 Å². The topological polar surface area (TPSA) is 50.6 Å². The van der Waals surface area contributed by atoms with Gasteiger partial charge in [0.1, 0.15) is 5.92 Å². The molecule has 3 aromatic carbocycles. The van der Waals surface area contributed by atoms with Crippen LogP contribution in [0.1, 0.15) is 27.4 Å². The summed E-state index contributed by atoms with van der Waals surface area (Å²) in [5, 5.41) is 3.59. The Morgan fingerprint density at radius 1 is 1.03 bits per heavy atom. The smallest absolute Gasteiger partial charge is 0.291 e. The summed E-state index contributed by atoms with van der Waals surface area (Å²) in [5.74, 6) is -0.772. The Balaban J connectivity index is 1.75. The molecule has 2 aliphatic heterocycles. The molecule has 0 saturated carbocycles. The fraction of sp³-hybridized carbons (Fsp3) is 0.200. The van der Waals surface area contributed by atoms with Gasteiger partial charge in [-0.3, -0.25) is 9.59 Å². The normalized spacial score (nSPS) is 27.1. The number of carbonyl (C=O) groups excluding carboxylic acids is 2. The summed E-state index contributed by atoms with van der Waals surface area (Å²) in [6.45, 7) is 0.673. The number of amides is 1. The van der Waals surface area contributed by atoms with Gasteiger partial charge in [-0.05, 0) is 23.8 Å². The number of hydrogen-bond acceptors (Lipinski definition) is 2. The molecule has 4 nitrogen and oxygen atoms in total. The van der Waals surface area contributed by atoms with Gasteiger partial charge in [0.05, 0.1) is 25.2 Å². The van der Waals surface area contributed by atoms with E-state index < -0.39 is 11.5 Å². The van der Waals surface area contributed by atoms with Crippen molar-refractivity contribution in [1.82, 2.24) is 0 Å². The molecule has 0 aliphatic carbocycles. The second kappa shape index (κ2) is 7.08. The molecule has 4 atom stereocenters.